The van der Waals surface area contributed by atoms with Gasteiger partial charge in [0.1, 0.15) is 11.6 Å². The summed E-state index contributed by atoms with van der Waals surface area (Å²) in [6.45, 7) is 2.99. The van der Waals surface area contributed by atoms with Crippen LogP contribution in [0, 0.1) is 0 Å². The molecule has 1 heterocycles. The van der Waals surface area contributed by atoms with Crippen molar-refractivity contribution < 1.29 is 4.74 Å². The zero-order valence-electron chi connectivity index (χ0n) is 11.6. The third-order valence-corrected chi connectivity index (χ3v) is 3.37. The van der Waals surface area contributed by atoms with Crippen molar-refractivity contribution in [1.82, 2.24) is 9.97 Å². The second-order valence-corrected chi connectivity index (χ2v) is 4.94. The first-order valence-electron chi connectivity index (χ1n) is 6.89. The maximum atomic E-state index is 5.73. The number of aromatic nitrogens is 2. The smallest absolute Gasteiger partial charge is 0.223 e. The molecule has 1 aliphatic rings. The van der Waals surface area contributed by atoms with E-state index in [1.807, 2.05) is 6.07 Å². The van der Waals surface area contributed by atoms with E-state index in [0.717, 1.165) is 43.9 Å². The molecule has 0 saturated heterocycles. The molecule has 0 bridgehead atoms. The quantitative estimate of drug-likeness (QED) is 0.728. The molecule has 0 amide bonds. The van der Waals surface area contributed by atoms with Crippen LogP contribution in [0.5, 0.6) is 0 Å². The van der Waals surface area contributed by atoms with Gasteiger partial charge in [-0.15, -0.1) is 0 Å². The average molecular weight is 265 g/mol. The van der Waals surface area contributed by atoms with E-state index in [1.165, 1.54) is 0 Å². The van der Waals surface area contributed by atoms with Crippen LogP contribution in [0.25, 0.3) is 0 Å². The fourth-order valence-electron chi connectivity index (χ4n) is 2.38. The lowest BCUT2D eigenvalue weighted by Crippen LogP contribution is -2.19. The third-order valence-electron chi connectivity index (χ3n) is 3.37. The summed E-state index contributed by atoms with van der Waals surface area (Å²) in [5.74, 6) is 1.86. The van der Waals surface area contributed by atoms with Crippen molar-refractivity contribution in [3.63, 3.8) is 0 Å². The van der Waals surface area contributed by atoms with Crippen molar-refractivity contribution in [3.8, 4) is 0 Å². The van der Waals surface area contributed by atoms with Crippen molar-refractivity contribution >= 4 is 17.6 Å². The molecule has 6 nitrogen and oxygen atoms in total. The summed E-state index contributed by atoms with van der Waals surface area (Å²) < 4.78 is 5.37. The Hall–Kier alpha value is -1.56. The van der Waals surface area contributed by atoms with Crippen LogP contribution in [0.1, 0.15) is 32.6 Å². The van der Waals surface area contributed by atoms with Crippen LogP contribution in [0.2, 0.25) is 0 Å². The van der Waals surface area contributed by atoms with Gasteiger partial charge in [-0.25, -0.2) is 0 Å². The molecular weight excluding hydrogens is 242 g/mol. The predicted molar refractivity (Wildman–Crippen MR) is 77.3 cm³/mol. The highest BCUT2D eigenvalue weighted by Gasteiger charge is 2.24. The molecule has 106 valence electrons. The second kappa shape index (κ2) is 6.56. The Kier molecular flexibility index (Phi) is 4.79. The number of ether oxygens (including phenoxy) is 1. The van der Waals surface area contributed by atoms with Gasteiger partial charge < -0.3 is 21.1 Å². The van der Waals surface area contributed by atoms with Gasteiger partial charge in [-0.3, -0.25) is 0 Å². The van der Waals surface area contributed by atoms with Crippen LogP contribution in [-0.4, -0.2) is 35.8 Å². The van der Waals surface area contributed by atoms with Gasteiger partial charge in [0.15, 0.2) is 0 Å². The number of nitrogens with one attached hydrogen (secondary N) is 2. The lowest BCUT2D eigenvalue weighted by molar-refractivity contribution is 0.108. The Morgan fingerprint density at radius 1 is 1.37 bits per heavy atom. The summed E-state index contributed by atoms with van der Waals surface area (Å²) in [5.41, 5.74) is 5.73. The topological polar surface area (TPSA) is 85.1 Å². The zero-order chi connectivity index (χ0) is 13.7. The number of hydrogen-bond donors (Lipinski definition) is 3. The molecule has 0 aromatic carbocycles. The van der Waals surface area contributed by atoms with E-state index in [1.54, 1.807) is 7.11 Å². The highest BCUT2D eigenvalue weighted by atomic mass is 16.5. The molecule has 1 aromatic heterocycles. The van der Waals surface area contributed by atoms with E-state index in [4.69, 9.17) is 10.5 Å². The van der Waals surface area contributed by atoms with Gasteiger partial charge >= 0.3 is 0 Å². The monoisotopic (exact) mass is 265 g/mol. The van der Waals surface area contributed by atoms with Crippen LogP contribution >= 0.6 is 0 Å². The van der Waals surface area contributed by atoms with E-state index in [0.29, 0.717) is 18.1 Å². The number of rotatable bonds is 6. The normalized spacial score (nSPS) is 22.4. The number of nitrogen functional groups attached to an aromatic ring is 1. The summed E-state index contributed by atoms with van der Waals surface area (Å²) in [6, 6.07) is 2.31. The number of methoxy groups -OCH3 is 1. The Bertz CT molecular complexity index is 412. The summed E-state index contributed by atoms with van der Waals surface area (Å²) in [4.78, 5) is 8.40. The lowest BCUT2D eigenvalue weighted by atomic mass is 10.2. The molecule has 2 rings (SSSR count). The van der Waals surface area contributed by atoms with Crippen molar-refractivity contribution in [2.75, 3.05) is 30.0 Å². The standard InChI is InChI=1S/C13H23N5O/c1-3-6-15-11-8-12(18-13(14)17-11)16-9-4-5-10(7-9)19-2/h8-10H,3-7H2,1-2H3,(H4,14,15,16,17,18). The molecule has 1 fully saturated rings. The first-order chi connectivity index (χ1) is 9.21. The van der Waals surface area contributed by atoms with Crippen LogP contribution in [0.4, 0.5) is 17.6 Å². The fraction of sp³-hybridized carbons (Fsp3) is 0.692. The molecule has 2 unspecified atom stereocenters. The second-order valence-electron chi connectivity index (χ2n) is 4.94. The van der Waals surface area contributed by atoms with Gasteiger partial charge in [0.05, 0.1) is 6.10 Å². The molecule has 4 N–H and O–H groups in total. The van der Waals surface area contributed by atoms with Gasteiger partial charge in [0.25, 0.3) is 0 Å². The highest BCUT2D eigenvalue weighted by Crippen LogP contribution is 2.25. The summed E-state index contributed by atoms with van der Waals surface area (Å²) in [7, 11) is 1.77. The highest BCUT2D eigenvalue weighted by molar-refractivity contribution is 5.51. The third kappa shape index (κ3) is 3.96. The molecule has 1 aliphatic carbocycles. The fourth-order valence-corrected chi connectivity index (χ4v) is 2.38. The average Bonchev–Trinajstić information content (AvgIpc) is 2.83. The van der Waals surface area contributed by atoms with E-state index in [9.17, 15) is 0 Å². The molecule has 1 aromatic rings. The van der Waals surface area contributed by atoms with Gasteiger partial charge in [-0.2, -0.15) is 9.97 Å². The Morgan fingerprint density at radius 2 is 2.16 bits per heavy atom. The van der Waals surface area contributed by atoms with Gasteiger partial charge in [-0.1, -0.05) is 6.92 Å². The molecule has 6 heteroatoms. The van der Waals surface area contributed by atoms with Crippen LogP contribution < -0.4 is 16.4 Å². The van der Waals surface area contributed by atoms with Crippen molar-refractivity contribution in [3.05, 3.63) is 6.07 Å². The van der Waals surface area contributed by atoms with E-state index >= 15 is 0 Å². The van der Waals surface area contributed by atoms with Gasteiger partial charge in [0.2, 0.25) is 5.95 Å². The van der Waals surface area contributed by atoms with E-state index in [2.05, 4.69) is 27.5 Å². The maximum absolute atomic E-state index is 5.73. The van der Waals surface area contributed by atoms with Gasteiger partial charge in [0, 0.05) is 25.8 Å². The molecule has 0 aliphatic heterocycles. The van der Waals surface area contributed by atoms with Crippen molar-refractivity contribution in [1.29, 1.82) is 0 Å². The largest absolute Gasteiger partial charge is 0.381 e. The molecule has 0 spiro atoms. The maximum Gasteiger partial charge on any atom is 0.223 e. The Labute approximate surface area is 114 Å². The first-order valence-corrected chi connectivity index (χ1v) is 6.89. The van der Waals surface area contributed by atoms with Crippen LogP contribution in [-0.2, 0) is 4.74 Å². The Morgan fingerprint density at radius 3 is 2.84 bits per heavy atom. The lowest BCUT2D eigenvalue weighted by Gasteiger charge is -2.15. The SMILES string of the molecule is CCCNc1cc(NC2CCC(OC)C2)nc(N)n1. The number of anilines is 3. The van der Waals surface area contributed by atoms with E-state index < -0.39 is 0 Å². The molecular formula is C13H23N5O. The number of nitrogens with zero attached hydrogens (tertiary/aromatic N) is 2. The predicted octanol–water partition coefficient (Wildman–Crippen LogP) is 1.86. The summed E-state index contributed by atoms with van der Waals surface area (Å²) >= 11 is 0. The van der Waals surface area contributed by atoms with Gasteiger partial charge in [-0.05, 0) is 25.7 Å². The summed E-state index contributed by atoms with van der Waals surface area (Å²) in [6.07, 6.45) is 4.60. The van der Waals surface area contributed by atoms with Crippen LogP contribution in [0.15, 0.2) is 6.07 Å². The number of hydrogen-bond acceptors (Lipinski definition) is 6. The zero-order valence-corrected chi connectivity index (χ0v) is 11.6. The molecule has 2 atom stereocenters. The summed E-state index contributed by atoms with van der Waals surface area (Å²) in [5, 5.41) is 6.64. The molecule has 0 radical (unpaired) electrons. The Balaban J connectivity index is 1.97. The van der Waals surface area contributed by atoms with E-state index in [-0.39, 0.29) is 0 Å². The van der Waals surface area contributed by atoms with Crippen LogP contribution in [0.3, 0.4) is 0 Å². The first kappa shape index (κ1) is 13.9. The minimum atomic E-state index is 0.296. The van der Waals surface area contributed by atoms with Crippen molar-refractivity contribution in [2.45, 2.75) is 44.8 Å². The molecule has 19 heavy (non-hydrogen) atoms. The minimum Gasteiger partial charge on any atom is -0.381 e. The number of nitrogens with two attached hydrogens (primary N) is 1. The van der Waals surface area contributed by atoms with Crippen molar-refractivity contribution in [2.24, 2.45) is 0 Å². The minimum absolute atomic E-state index is 0.296. The molecule has 1 saturated carbocycles.